The van der Waals surface area contributed by atoms with Crippen molar-refractivity contribution in [3.63, 3.8) is 0 Å². The molecular weight excluding hydrogens is 218 g/mol. The summed E-state index contributed by atoms with van der Waals surface area (Å²) < 4.78 is 0. The molecule has 16 heavy (non-hydrogen) atoms. The van der Waals surface area contributed by atoms with Crippen molar-refractivity contribution in [1.82, 2.24) is 9.97 Å². The predicted octanol–water partition coefficient (Wildman–Crippen LogP) is 2.46. The third-order valence-corrected chi connectivity index (χ3v) is 3.35. The van der Waals surface area contributed by atoms with E-state index in [2.05, 4.69) is 21.4 Å². The number of hydrogen-bond donors (Lipinski definition) is 1. The fraction of sp³-hybridized carbons (Fsp3) is 0.333. The van der Waals surface area contributed by atoms with Crippen LogP contribution < -0.4 is 5.73 Å². The second-order valence-electron chi connectivity index (χ2n) is 3.87. The van der Waals surface area contributed by atoms with E-state index in [9.17, 15) is 0 Å². The van der Waals surface area contributed by atoms with E-state index in [0.717, 1.165) is 23.5 Å². The summed E-state index contributed by atoms with van der Waals surface area (Å²) in [6.07, 6.45) is 2.65. The van der Waals surface area contributed by atoms with Crippen LogP contribution in [-0.4, -0.2) is 9.97 Å². The highest BCUT2D eigenvalue weighted by Crippen LogP contribution is 2.15. The first kappa shape index (κ1) is 11.2. The first-order valence-electron chi connectivity index (χ1n) is 5.27. The minimum atomic E-state index is -0.00390. The van der Waals surface area contributed by atoms with Crippen LogP contribution in [0.25, 0.3) is 0 Å². The van der Waals surface area contributed by atoms with Crippen molar-refractivity contribution in [1.29, 1.82) is 0 Å². The van der Waals surface area contributed by atoms with Crippen LogP contribution >= 0.6 is 11.3 Å². The molecule has 0 aliphatic carbocycles. The van der Waals surface area contributed by atoms with Crippen molar-refractivity contribution in [3.8, 4) is 0 Å². The van der Waals surface area contributed by atoms with E-state index in [-0.39, 0.29) is 6.04 Å². The van der Waals surface area contributed by atoms with Crippen molar-refractivity contribution in [3.05, 3.63) is 45.7 Å². The minimum absolute atomic E-state index is 0.00390. The minimum Gasteiger partial charge on any atom is -0.324 e. The van der Waals surface area contributed by atoms with Gasteiger partial charge in [-0.25, -0.2) is 9.97 Å². The molecule has 2 heterocycles. The molecule has 2 N–H and O–H groups in total. The monoisotopic (exact) mass is 233 g/mol. The van der Waals surface area contributed by atoms with Gasteiger partial charge in [-0.3, -0.25) is 0 Å². The predicted molar refractivity (Wildman–Crippen MR) is 66.5 cm³/mol. The fourth-order valence-corrected chi connectivity index (χ4v) is 2.33. The van der Waals surface area contributed by atoms with Crippen LogP contribution in [0.1, 0.15) is 34.9 Å². The number of nitrogens with zero attached hydrogens (tertiary/aromatic N) is 2. The van der Waals surface area contributed by atoms with Crippen LogP contribution in [0.3, 0.4) is 0 Å². The van der Waals surface area contributed by atoms with Crippen molar-refractivity contribution in [2.75, 3.05) is 0 Å². The van der Waals surface area contributed by atoms with Crippen molar-refractivity contribution < 1.29 is 0 Å². The molecule has 4 heteroatoms. The Morgan fingerprint density at radius 1 is 1.50 bits per heavy atom. The lowest BCUT2D eigenvalue weighted by atomic mass is 10.1. The number of aromatic nitrogens is 2. The van der Waals surface area contributed by atoms with Crippen LogP contribution in [0, 0.1) is 6.92 Å². The van der Waals surface area contributed by atoms with E-state index >= 15 is 0 Å². The molecule has 2 rings (SSSR count). The summed E-state index contributed by atoms with van der Waals surface area (Å²) in [7, 11) is 0. The first-order chi connectivity index (χ1) is 7.66. The maximum Gasteiger partial charge on any atom is 0.133 e. The smallest absolute Gasteiger partial charge is 0.133 e. The molecule has 1 unspecified atom stereocenters. The number of hydrogen-bond acceptors (Lipinski definition) is 4. The van der Waals surface area contributed by atoms with Gasteiger partial charge in [-0.15, -0.1) is 11.3 Å². The highest BCUT2D eigenvalue weighted by atomic mass is 32.1. The standard InChI is InChI=1S/C12H15N3S/c1-8(13)11-7-14-12(15-9(11)2)6-10-4-3-5-16-10/h3-5,7-8H,6,13H2,1-2H3. The molecule has 0 fully saturated rings. The van der Waals surface area contributed by atoms with E-state index < -0.39 is 0 Å². The Morgan fingerprint density at radius 2 is 2.31 bits per heavy atom. The Morgan fingerprint density at radius 3 is 2.88 bits per heavy atom. The van der Waals surface area contributed by atoms with Crippen molar-refractivity contribution in [2.24, 2.45) is 5.73 Å². The maximum atomic E-state index is 5.82. The van der Waals surface area contributed by atoms with E-state index in [1.54, 1.807) is 11.3 Å². The lowest BCUT2D eigenvalue weighted by molar-refractivity contribution is 0.777. The van der Waals surface area contributed by atoms with Gasteiger partial charge >= 0.3 is 0 Å². The van der Waals surface area contributed by atoms with Gasteiger partial charge in [-0.2, -0.15) is 0 Å². The van der Waals surface area contributed by atoms with Gasteiger partial charge in [-0.05, 0) is 25.3 Å². The molecule has 0 saturated carbocycles. The Balaban J connectivity index is 2.21. The van der Waals surface area contributed by atoms with E-state index in [1.807, 2.05) is 26.1 Å². The van der Waals surface area contributed by atoms with Crippen molar-refractivity contribution >= 4 is 11.3 Å². The van der Waals surface area contributed by atoms with E-state index in [4.69, 9.17) is 5.73 Å². The molecule has 0 amide bonds. The van der Waals surface area contributed by atoms with E-state index in [1.165, 1.54) is 4.88 Å². The third kappa shape index (κ3) is 2.46. The van der Waals surface area contributed by atoms with Gasteiger partial charge in [0.05, 0.1) is 0 Å². The zero-order valence-electron chi connectivity index (χ0n) is 9.47. The number of rotatable bonds is 3. The molecule has 0 bridgehead atoms. The first-order valence-corrected chi connectivity index (χ1v) is 6.15. The Kier molecular flexibility index (Phi) is 3.31. The highest BCUT2D eigenvalue weighted by Gasteiger charge is 2.07. The molecule has 84 valence electrons. The lowest BCUT2D eigenvalue weighted by Crippen LogP contribution is -2.10. The Labute approximate surface area is 99.4 Å². The summed E-state index contributed by atoms with van der Waals surface area (Å²) >= 11 is 1.73. The molecule has 0 saturated heterocycles. The van der Waals surface area contributed by atoms with Gasteiger partial charge < -0.3 is 5.73 Å². The molecule has 0 aromatic carbocycles. The SMILES string of the molecule is Cc1nc(Cc2cccs2)ncc1C(C)N. The van der Waals surface area contributed by atoms with Crippen LogP contribution in [0.4, 0.5) is 0 Å². The van der Waals surface area contributed by atoms with Gasteiger partial charge in [-0.1, -0.05) is 6.07 Å². The Bertz CT molecular complexity index is 463. The topological polar surface area (TPSA) is 51.8 Å². The zero-order chi connectivity index (χ0) is 11.5. The van der Waals surface area contributed by atoms with Crippen LogP contribution in [0.5, 0.6) is 0 Å². The molecule has 2 aromatic heterocycles. The molecule has 0 aliphatic rings. The number of thiophene rings is 1. The molecule has 2 aromatic rings. The number of nitrogens with two attached hydrogens (primary N) is 1. The van der Waals surface area contributed by atoms with Gasteiger partial charge in [0.15, 0.2) is 0 Å². The molecule has 3 nitrogen and oxygen atoms in total. The molecular formula is C12H15N3S. The summed E-state index contributed by atoms with van der Waals surface area (Å²) in [6.45, 7) is 3.93. The van der Waals surface area contributed by atoms with E-state index in [0.29, 0.717) is 0 Å². The second kappa shape index (κ2) is 4.72. The highest BCUT2D eigenvalue weighted by molar-refractivity contribution is 7.09. The average molecular weight is 233 g/mol. The van der Waals surface area contributed by atoms with Crippen molar-refractivity contribution in [2.45, 2.75) is 26.3 Å². The van der Waals surface area contributed by atoms with Gasteiger partial charge in [0, 0.05) is 34.8 Å². The lowest BCUT2D eigenvalue weighted by Gasteiger charge is -2.09. The maximum absolute atomic E-state index is 5.82. The van der Waals surface area contributed by atoms with Crippen LogP contribution in [0.2, 0.25) is 0 Å². The summed E-state index contributed by atoms with van der Waals surface area (Å²) in [5.41, 5.74) is 7.83. The average Bonchev–Trinajstić information content (AvgIpc) is 2.70. The Hall–Kier alpha value is -1.26. The van der Waals surface area contributed by atoms with Gasteiger partial charge in [0.25, 0.3) is 0 Å². The van der Waals surface area contributed by atoms with Gasteiger partial charge in [0.2, 0.25) is 0 Å². The molecule has 0 spiro atoms. The normalized spacial score (nSPS) is 12.7. The second-order valence-corrected chi connectivity index (χ2v) is 4.90. The zero-order valence-corrected chi connectivity index (χ0v) is 10.3. The van der Waals surface area contributed by atoms with Crippen LogP contribution in [0.15, 0.2) is 23.7 Å². The quantitative estimate of drug-likeness (QED) is 0.886. The summed E-state index contributed by atoms with van der Waals surface area (Å²) in [5.74, 6) is 0.865. The summed E-state index contributed by atoms with van der Waals surface area (Å²) in [4.78, 5) is 10.1. The summed E-state index contributed by atoms with van der Waals surface area (Å²) in [6, 6.07) is 4.14. The fourth-order valence-electron chi connectivity index (χ4n) is 1.63. The summed E-state index contributed by atoms with van der Waals surface area (Å²) in [5, 5.41) is 2.07. The molecule has 0 aliphatic heterocycles. The largest absolute Gasteiger partial charge is 0.324 e. The molecule has 1 atom stereocenters. The van der Waals surface area contributed by atoms with Gasteiger partial charge in [0.1, 0.15) is 5.82 Å². The number of aryl methyl sites for hydroxylation is 1. The van der Waals surface area contributed by atoms with Crippen LogP contribution in [-0.2, 0) is 6.42 Å². The third-order valence-electron chi connectivity index (χ3n) is 2.47. The molecule has 0 radical (unpaired) electrons.